The third-order valence-electron chi connectivity index (χ3n) is 3.97. The van der Waals surface area contributed by atoms with Crippen LogP contribution in [0.2, 0.25) is 0 Å². The number of amides is 1. The Morgan fingerprint density at radius 2 is 2.05 bits per heavy atom. The summed E-state index contributed by atoms with van der Waals surface area (Å²) in [7, 11) is 0. The topological polar surface area (TPSA) is 62.2 Å². The van der Waals surface area contributed by atoms with Gasteiger partial charge in [-0.2, -0.15) is 0 Å². The highest BCUT2D eigenvalue weighted by molar-refractivity contribution is 5.76. The summed E-state index contributed by atoms with van der Waals surface area (Å²) in [5.74, 6) is -3.43. The monoisotopic (exact) mass is 312 g/mol. The van der Waals surface area contributed by atoms with Crippen molar-refractivity contribution < 1.29 is 18.7 Å². The molecule has 2 N–H and O–H groups in total. The number of aliphatic hydroxyl groups is 1. The van der Waals surface area contributed by atoms with E-state index >= 15 is 0 Å². The molecule has 1 aromatic rings. The van der Waals surface area contributed by atoms with Gasteiger partial charge in [0.15, 0.2) is 0 Å². The van der Waals surface area contributed by atoms with E-state index in [9.17, 15) is 18.7 Å². The molecular weight excluding hydrogens is 290 g/mol. The van der Waals surface area contributed by atoms with E-state index in [0.717, 1.165) is 17.0 Å². The lowest BCUT2D eigenvalue weighted by Crippen LogP contribution is -2.54. The number of hydrogen-bond donors (Lipinski definition) is 2. The van der Waals surface area contributed by atoms with E-state index in [1.807, 2.05) is 26.0 Å². The molecule has 0 aliphatic heterocycles. The van der Waals surface area contributed by atoms with Crippen LogP contribution in [0.25, 0.3) is 0 Å². The van der Waals surface area contributed by atoms with E-state index in [4.69, 9.17) is 0 Å². The van der Waals surface area contributed by atoms with Crippen LogP contribution in [0.5, 0.6) is 0 Å². The van der Waals surface area contributed by atoms with E-state index in [0.29, 0.717) is 19.3 Å². The van der Waals surface area contributed by atoms with Gasteiger partial charge >= 0.3 is 0 Å². The predicted octanol–water partition coefficient (Wildman–Crippen LogP) is 2.30. The lowest BCUT2D eigenvalue weighted by Gasteiger charge is -2.34. The zero-order valence-electron chi connectivity index (χ0n) is 12.9. The van der Waals surface area contributed by atoms with E-state index < -0.39 is 18.1 Å². The van der Waals surface area contributed by atoms with Gasteiger partial charge in [0, 0.05) is 24.2 Å². The average Bonchev–Trinajstić information content (AvgIpc) is 2.41. The Kier molecular flexibility index (Phi) is 5.11. The highest BCUT2D eigenvalue weighted by Gasteiger charge is 2.46. The van der Waals surface area contributed by atoms with Crippen LogP contribution >= 0.6 is 0 Å². The van der Waals surface area contributed by atoms with Crippen molar-refractivity contribution in [2.45, 2.75) is 64.0 Å². The van der Waals surface area contributed by atoms with Gasteiger partial charge in [0.05, 0.1) is 6.04 Å². The van der Waals surface area contributed by atoms with Crippen LogP contribution in [0.3, 0.4) is 0 Å². The second-order valence-electron chi connectivity index (χ2n) is 6.03. The van der Waals surface area contributed by atoms with Crippen molar-refractivity contribution >= 4 is 5.91 Å². The SMILES string of the molecule is Cc1cc(CCC(=O)N[C@@H]2CCCC(F)(F)[C@H]2O)cc(C)n1. The molecule has 1 aliphatic carbocycles. The minimum Gasteiger partial charge on any atom is -0.385 e. The normalized spacial score (nSPS) is 24.0. The number of aryl methyl sites for hydroxylation is 3. The number of hydrogen-bond acceptors (Lipinski definition) is 3. The summed E-state index contributed by atoms with van der Waals surface area (Å²) in [6.07, 6.45) is -0.702. The minimum absolute atomic E-state index is 0.206. The molecule has 0 spiro atoms. The summed E-state index contributed by atoms with van der Waals surface area (Å²) in [6, 6.07) is 2.95. The van der Waals surface area contributed by atoms with E-state index in [1.165, 1.54) is 0 Å². The van der Waals surface area contributed by atoms with Crippen LogP contribution in [-0.2, 0) is 11.2 Å². The molecule has 2 rings (SSSR count). The first-order valence-electron chi connectivity index (χ1n) is 7.57. The number of nitrogens with one attached hydrogen (secondary N) is 1. The highest BCUT2D eigenvalue weighted by atomic mass is 19.3. The number of carbonyl (C=O) groups is 1. The minimum atomic E-state index is -3.12. The molecule has 1 amide bonds. The van der Waals surface area contributed by atoms with Crippen LogP contribution in [0.4, 0.5) is 8.78 Å². The number of nitrogens with zero attached hydrogens (tertiary/aromatic N) is 1. The van der Waals surface area contributed by atoms with Crippen LogP contribution in [0.1, 0.15) is 42.6 Å². The van der Waals surface area contributed by atoms with Gasteiger partial charge in [-0.15, -0.1) is 0 Å². The molecule has 6 heteroatoms. The lowest BCUT2D eigenvalue weighted by atomic mass is 9.89. The Hall–Kier alpha value is -1.56. The number of carbonyl (C=O) groups excluding carboxylic acids is 1. The first-order valence-corrected chi connectivity index (χ1v) is 7.57. The number of aromatic nitrogens is 1. The fourth-order valence-corrected chi connectivity index (χ4v) is 2.91. The molecule has 0 unspecified atom stereocenters. The van der Waals surface area contributed by atoms with Gasteiger partial charge in [-0.1, -0.05) is 0 Å². The summed E-state index contributed by atoms with van der Waals surface area (Å²) in [5.41, 5.74) is 2.77. The van der Waals surface area contributed by atoms with Gasteiger partial charge in [-0.05, 0) is 50.8 Å². The average molecular weight is 312 g/mol. The molecule has 1 heterocycles. The van der Waals surface area contributed by atoms with Crippen molar-refractivity contribution in [1.82, 2.24) is 10.3 Å². The van der Waals surface area contributed by atoms with Crippen molar-refractivity contribution in [3.8, 4) is 0 Å². The van der Waals surface area contributed by atoms with Crippen LogP contribution in [-0.4, -0.2) is 34.1 Å². The van der Waals surface area contributed by atoms with Crippen LogP contribution in [0, 0.1) is 13.8 Å². The van der Waals surface area contributed by atoms with E-state index in [2.05, 4.69) is 10.3 Å². The van der Waals surface area contributed by atoms with Crippen molar-refractivity contribution in [2.75, 3.05) is 0 Å². The van der Waals surface area contributed by atoms with Crippen molar-refractivity contribution in [1.29, 1.82) is 0 Å². The first kappa shape index (κ1) is 16.8. The maximum absolute atomic E-state index is 13.4. The second-order valence-corrected chi connectivity index (χ2v) is 6.03. The second kappa shape index (κ2) is 6.69. The molecule has 0 aromatic carbocycles. The fraction of sp³-hybridized carbons (Fsp3) is 0.625. The maximum atomic E-state index is 13.4. The van der Waals surface area contributed by atoms with Crippen molar-refractivity contribution in [3.05, 3.63) is 29.1 Å². The highest BCUT2D eigenvalue weighted by Crippen LogP contribution is 2.33. The number of alkyl halides is 2. The first-order chi connectivity index (χ1) is 10.3. The molecule has 2 atom stereocenters. The molecule has 4 nitrogen and oxygen atoms in total. The molecular formula is C16H22F2N2O2. The van der Waals surface area contributed by atoms with Crippen molar-refractivity contribution in [3.63, 3.8) is 0 Å². The molecule has 122 valence electrons. The number of pyridine rings is 1. The molecule has 1 saturated carbocycles. The Bertz CT molecular complexity index is 529. The summed E-state index contributed by atoms with van der Waals surface area (Å²) in [5, 5.41) is 12.2. The summed E-state index contributed by atoms with van der Waals surface area (Å²) >= 11 is 0. The predicted molar refractivity (Wildman–Crippen MR) is 78.8 cm³/mol. The molecule has 0 radical (unpaired) electrons. The van der Waals surface area contributed by atoms with Crippen molar-refractivity contribution in [2.24, 2.45) is 0 Å². The fourth-order valence-electron chi connectivity index (χ4n) is 2.91. The van der Waals surface area contributed by atoms with Crippen LogP contribution < -0.4 is 5.32 Å². The lowest BCUT2D eigenvalue weighted by molar-refractivity contribution is -0.148. The Balaban J connectivity index is 1.87. The smallest absolute Gasteiger partial charge is 0.275 e. The Labute approximate surface area is 128 Å². The van der Waals surface area contributed by atoms with E-state index in [-0.39, 0.29) is 18.7 Å². The zero-order chi connectivity index (χ0) is 16.3. The van der Waals surface area contributed by atoms with E-state index in [1.54, 1.807) is 0 Å². The third kappa shape index (κ3) is 4.22. The molecule has 0 bridgehead atoms. The number of aliphatic hydroxyl groups excluding tert-OH is 1. The quantitative estimate of drug-likeness (QED) is 0.897. The third-order valence-corrected chi connectivity index (χ3v) is 3.97. The molecule has 0 saturated heterocycles. The largest absolute Gasteiger partial charge is 0.385 e. The van der Waals surface area contributed by atoms with Gasteiger partial charge < -0.3 is 10.4 Å². The summed E-state index contributed by atoms with van der Waals surface area (Å²) in [6.45, 7) is 3.77. The van der Waals surface area contributed by atoms with Gasteiger partial charge in [-0.25, -0.2) is 8.78 Å². The zero-order valence-corrected chi connectivity index (χ0v) is 12.9. The Morgan fingerprint density at radius 3 is 2.68 bits per heavy atom. The molecule has 1 aromatic heterocycles. The van der Waals surface area contributed by atoms with Crippen LogP contribution in [0.15, 0.2) is 12.1 Å². The maximum Gasteiger partial charge on any atom is 0.275 e. The van der Waals surface area contributed by atoms with Gasteiger partial charge in [0.1, 0.15) is 6.10 Å². The number of rotatable bonds is 4. The number of halogens is 2. The summed E-state index contributed by atoms with van der Waals surface area (Å²) in [4.78, 5) is 16.2. The van der Waals surface area contributed by atoms with Gasteiger partial charge in [0.2, 0.25) is 5.91 Å². The summed E-state index contributed by atoms with van der Waals surface area (Å²) < 4.78 is 26.9. The van der Waals surface area contributed by atoms with Gasteiger partial charge in [0.25, 0.3) is 5.92 Å². The molecule has 1 fully saturated rings. The Morgan fingerprint density at radius 1 is 1.41 bits per heavy atom. The van der Waals surface area contributed by atoms with Gasteiger partial charge in [-0.3, -0.25) is 9.78 Å². The molecule has 22 heavy (non-hydrogen) atoms. The standard InChI is InChI=1S/C16H22F2N2O2/c1-10-8-12(9-11(2)19-10)5-6-14(21)20-13-4-3-7-16(17,18)15(13)22/h8-9,13,15,22H,3-7H2,1-2H3,(H,20,21)/t13-,15+/m1/s1. The molecule has 1 aliphatic rings.